The molecular formula is C11H16N2O3. The van der Waals surface area contributed by atoms with Gasteiger partial charge in [-0.1, -0.05) is 0 Å². The molecular weight excluding hydrogens is 208 g/mol. The Morgan fingerprint density at radius 3 is 3.19 bits per heavy atom. The van der Waals surface area contributed by atoms with Gasteiger partial charge in [0.1, 0.15) is 18.5 Å². The predicted octanol–water partition coefficient (Wildman–Crippen LogP) is 0.334. The van der Waals surface area contributed by atoms with E-state index in [0.29, 0.717) is 33.0 Å². The summed E-state index contributed by atoms with van der Waals surface area (Å²) in [5.41, 5.74) is 6.55. The Bertz CT molecular complexity index is 327. The summed E-state index contributed by atoms with van der Waals surface area (Å²) in [7, 11) is 0. The van der Waals surface area contributed by atoms with Crippen LogP contribution in [0.1, 0.15) is 5.56 Å². The summed E-state index contributed by atoms with van der Waals surface area (Å²) in [6.45, 7) is 2.79. The van der Waals surface area contributed by atoms with Crippen LogP contribution in [0, 0.1) is 0 Å². The average Bonchev–Trinajstić information content (AvgIpc) is 2.38. The van der Waals surface area contributed by atoms with Gasteiger partial charge in [0.25, 0.3) is 0 Å². The van der Waals surface area contributed by atoms with Crippen LogP contribution in [-0.4, -0.2) is 37.5 Å². The van der Waals surface area contributed by atoms with Crippen molar-refractivity contribution in [1.29, 1.82) is 0 Å². The number of hydrogen-bond donors (Lipinski definition) is 1. The van der Waals surface area contributed by atoms with Crippen molar-refractivity contribution in [2.24, 2.45) is 5.73 Å². The van der Waals surface area contributed by atoms with Gasteiger partial charge in [-0.05, 0) is 6.07 Å². The Hall–Kier alpha value is -1.17. The molecule has 0 spiro atoms. The van der Waals surface area contributed by atoms with Gasteiger partial charge < -0.3 is 19.9 Å². The second-order valence-electron chi connectivity index (χ2n) is 3.57. The average molecular weight is 224 g/mol. The Morgan fingerprint density at radius 2 is 2.44 bits per heavy atom. The zero-order valence-corrected chi connectivity index (χ0v) is 9.09. The standard InChI is InChI=1S/C11H16N2O3/c12-5-9-1-2-13-6-11(9)16-8-10-7-14-3-4-15-10/h1-2,6,10H,3-5,7-8,12H2. The lowest BCUT2D eigenvalue weighted by molar-refractivity contribution is -0.101. The molecule has 1 aromatic rings. The monoisotopic (exact) mass is 224 g/mol. The van der Waals surface area contributed by atoms with Crippen LogP contribution in [0.3, 0.4) is 0 Å². The molecule has 2 N–H and O–H groups in total. The maximum Gasteiger partial charge on any atom is 0.142 e. The van der Waals surface area contributed by atoms with E-state index in [2.05, 4.69) is 4.98 Å². The Labute approximate surface area is 94.5 Å². The van der Waals surface area contributed by atoms with Crippen LogP contribution in [0.25, 0.3) is 0 Å². The highest BCUT2D eigenvalue weighted by Gasteiger charge is 2.15. The fourth-order valence-corrected chi connectivity index (χ4v) is 1.52. The van der Waals surface area contributed by atoms with Crippen LogP contribution in [0.4, 0.5) is 0 Å². The SMILES string of the molecule is NCc1ccncc1OCC1COCCO1. The van der Waals surface area contributed by atoms with Gasteiger partial charge in [-0.25, -0.2) is 0 Å². The molecule has 0 radical (unpaired) electrons. The Balaban J connectivity index is 1.88. The summed E-state index contributed by atoms with van der Waals surface area (Å²) < 4.78 is 16.4. The number of aromatic nitrogens is 1. The molecule has 5 heteroatoms. The molecule has 0 amide bonds. The van der Waals surface area contributed by atoms with Crippen molar-refractivity contribution in [1.82, 2.24) is 4.98 Å². The maximum absolute atomic E-state index is 5.62. The quantitative estimate of drug-likeness (QED) is 0.798. The summed E-state index contributed by atoms with van der Waals surface area (Å²) in [6, 6.07) is 1.85. The van der Waals surface area contributed by atoms with Crippen molar-refractivity contribution in [3.63, 3.8) is 0 Å². The first-order valence-electron chi connectivity index (χ1n) is 5.35. The smallest absolute Gasteiger partial charge is 0.142 e. The van der Waals surface area contributed by atoms with Crippen LogP contribution in [0.5, 0.6) is 5.75 Å². The fraction of sp³-hybridized carbons (Fsp3) is 0.545. The number of rotatable bonds is 4. The number of nitrogens with zero attached hydrogens (tertiary/aromatic N) is 1. The molecule has 0 bridgehead atoms. The third-order valence-corrected chi connectivity index (χ3v) is 2.40. The first-order valence-corrected chi connectivity index (χ1v) is 5.35. The van der Waals surface area contributed by atoms with Crippen molar-refractivity contribution < 1.29 is 14.2 Å². The third kappa shape index (κ3) is 2.91. The first kappa shape index (κ1) is 11.3. The van der Waals surface area contributed by atoms with Crippen molar-refractivity contribution in [2.75, 3.05) is 26.4 Å². The number of hydrogen-bond acceptors (Lipinski definition) is 5. The Morgan fingerprint density at radius 1 is 1.50 bits per heavy atom. The largest absolute Gasteiger partial charge is 0.489 e. The molecule has 1 unspecified atom stereocenters. The van der Waals surface area contributed by atoms with E-state index in [1.165, 1.54) is 0 Å². The zero-order chi connectivity index (χ0) is 11.2. The van der Waals surface area contributed by atoms with Crippen molar-refractivity contribution in [3.8, 4) is 5.75 Å². The van der Waals surface area contributed by atoms with Gasteiger partial charge in [0.05, 0.1) is 26.0 Å². The van der Waals surface area contributed by atoms with Gasteiger partial charge in [0.2, 0.25) is 0 Å². The molecule has 0 saturated carbocycles. The highest BCUT2D eigenvalue weighted by atomic mass is 16.6. The van der Waals surface area contributed by atoms with E-state index in [-0.39, 0.29) is 6.10 Å². The molecule has 1 fully saturated rings. The van der Waals surface area contributed by atoms with E-state index in [0.717, 1.165) is 11.3 Å². The summed E-state index contributed by atoms with van der Waals surface area (Å²) in [4.78, 5) is 4.00. The van der Waals surface area contributed by atoms with Crippen LogP contribution in [0.2, 0.25) is 0 Å². The molecule has 0 aromatic carbocycles. The van der Waals surface area contributed by atoms with Crippen molar-refractivity contribution in [2.45, 2.75) is 12.6 Å². The molecule has 2 rings (SSSR count). The molecule has 88 valence electrons. The van der Waals surface area contributed by atoms with Crippen molar-refractivity contribution in [3.05, 3.63) is 24.0 Å². The minimum absolute atomic E-state index is 0.000388. The van der Waals surface area contributed by atoms with Gasteiger partial charge in [-0.3, -0.25) is 4.98 Å². The van der Waals surface area contributed by atoms with Gasteiger partial charge in [-0.2, -0.15) is 0 Å². The van der Waals surface area contributed by atoms with Crippen LogP contribution >= 0.6 is 0 Å². The minimum Gasteiger partial charge on any atom is -0.489 e. The normalized spacial score (nSPS) is 20.7. The Kier molecular flexibility index (Phi) is 4.10. The molecule has 5 nitrogen and oxygen atoms in total. The molecule has 1 saturated heterocycles. The predicted molar refractivity (Wildman–Crippen MR) is 58.2 cm³/mol. The molecule has 0 aliphatic carbocycles. The molecule has 1 aliphatic heterocycles. The summed E-state index contributed by atoms with van der Waals surface area (Å²) in [6.07, 6.45) is 3.38. The van der Waals surface area contributed by atoms with E-state index in [1.807, 2.05) is 6.07 Å². The second kappa shape index (κ2) is 5.79. The zero-order valence-electron chi connectivity index (χ0n) is 9.09. The van der Waals surface area contributed by atoms with Gasteiger partial charge >= 0.3 is 0 Å². The second-order valence-corrected chi connectivity index (χ2v) is 3.57. The van der Waals surface area contributed by atoms with E-state index >= 15 is 0 Å². The fourth-order valence-electron chi connectivity index (χ4n) is 1.52. The van der Waals surface area contributed by atoms with Gasteiger partial charge in [-0.15, -0.1) is 0 Å². The lowest BCUT2D eigenvalue weighted by atomic mass is 10.2. The molecule has 1 aliphatic rings. The molecule has 16 heavy (non-hydrogen) atoms. The maximum atomic E-state index is 5.62. The van der Waals surface area contributed by atoms with Crippen LogP contribution in [0.15, 0.2) is 18.5 Å². The lowest BCUT2D eigenvalue weighted by Crippen LogP contribution is -2.33. The van der Waals surface area contributed by atoms with E-state index in [9.17, 15) is 0 Å². The lowest BCUT2D eigenvalue weighted by Gasteiger charge is -2.23. The summed E-state index contributed by atoms with van der Waals surface area (Å²) in [5.74, 6) is 0.721. The molecule has 1 aromatic heterocycles. The summed E-state index contributed by atoms with van der Waals surface area (Å²) >= 11 is 0. The number of ether oxygens (including phenoxy) is 3. The highest BCUT2D eigenvalue weighted by Crippen LogP contribution is 2.16. The van der Waals surface area contributed by atoms with Gasteiger partial charge in [0, 0.05) is 18.3 Å². The van der Waals surface area contributed by atoms with Crippen molar-refractivity contribution >= 4 is 0 Å². The topological polar surface area (TPSA) is 66.6 Å². The van der Waals surface area contributed by atoms with E-state index < -0.39 is 0 Å². The van der Waals surface area contributed by atoms with Crippen LogP contribution in [-0.2, 0) is 16.0 Å². The van der Waals surface area contributed by atoms with E-state index in [1.54, 1.807) is 12.4 Å². The minimum atomic E-state index is -0.000388. The highest BCUT2D eigenvalue weighted by molar-refractivity contribution is 5.29. The van der Waals surface area contributed by atoms with E-state index in [4.69, 9.17) is 19.9 Å². The molecule has 1 atom stereocenters. The summed E-state index contributed by atoms with van der Waals surface area (Å²) in [5, 5.41) is 0. The molecule has 2 heterocycles. The number of nitrogens with two attached hydrogens (primary N) is 1. The van der Waals surface area contributed by atoms with Gasteiger partial charge in [0.15, 0.2) is 0 Å². The first-order chi connectivity index (χ1) is 7.90. The third-order valence-electron chi connectivity index (χ3n) is 2.40. The van der Waals surface area contributed by atoms with Crippen LogP contribution < -0.4 is 10.5 Å². The number of pyridine rings is 1.